The van der Waals surface area contributed by atoms with E-state index in [1.807, 2.05) is 4.90 Å². The van der Waals surface area contributed by atoms with Gasteiger partial charge in [-0.05, 0) is 13.0 Å². The molecule has 5 heteroatoms. The van der Waals surface area contributed by atoms with Gasteiger partial charge in [-0.1, -0.05) is 0 Å². The number of aromatic nitrogens is 1. The van der Waals surface area contributed by atoms with Crippen LogP contribution in [0.2, 0.25) is 0 Å². The zero-order chi connectivity index (χ0) is 12.4. The number of nitrogens with one attached hydrogen (secondary N) is 1. The average Bonchev–Trinajstić information content (AvgIpc) is 2.33. The van der Waals surface area contributed by atoms with Crippen molar-refractivity contribution in [1.82, 2.24) is 4.98 Å². The molecule has 1 aliphatic heterocycles. The minimum Gasteiger partial charge on any atom is -0.392 e. The zero-order valence-corrected chi connectivity index (χ0v) is 9.83. The third-order valence-electron chi connectivity index (χ3n) is 3.09. The summed E-state index contributed by atoms with van der Waals surface area (Å²) in [4.78, 5) is 6.08. The molecule has 0 bridgehead atoms. The number of anilines is 1. The maximum atomic E-state index is 13.8. The standard InChI is InChI=1S/C12H16FN3O/c1-8-9(7-17)6-11(13)12(15-8)16-4-2-10(14)3-5-16/h6,14,17H,2-5,7H2,1H3. The zero-order valence-electron chi connectivity index (χ0n) is 9.83. The van der Waals surface area contributed by atoms with Crippen molar-refractivity contribution in [3.05, 3.63) is 23.1 Å². The van der Waals surface area contributed by atoms with Gasteiger partial charge in [0.25, 0.3) is 0 Å². The van der Waals surface area contributed by atoms with Crippen LogP contribution in [0, 0.1) is 18.2 Å². The van der Waals surface area contributed by atoms with E-state index >= 15 is 0 Å². The van der Waals surface area contributed by atoms with Crippen LogP contribution in [0.4, 0.5) is 10.2 Å². The van der Waals surface area contributed by atoms with E-state index in [0.717, 1.165) is 0 Å². The molecule has 0 spiro atoms. The maximum Gasteiger partial charge on any atom is 0.166 e. The molecule has 1 fully saturated rings. The lowest BCUT2D eigenvalue weighted by Crippen LogP contribution is -2.35. The molecule has 4 nitrogen and oxygen atoms in total. The van der Waals surface area contributed by atoms with Gasteiger partial charge in [0, 0.05) is 42.9 Å². The molecule has 2 N–H and O–H groups in total. The Balaban J connectivity index is 2.26. The van der Waals surface area contributed by atoms with Gasteiger partial charge < -0.3 is 15.4 Å². The Kier molecular flexibility index (Phi) is 3.38. The number of hydrogen-bond acceptors (Lipinski definition) is 4. The third kappa shape index (κ3) is 2.44. The summed E-state index contributed by atoms with van der Waals surface area (Å²) in [5, 5.41) is 16.6. The van der Waals surface area contributed by atoms with E-state index < -0.39 is 5.82 Å². The predicted molar refractivity (Wildman–Crippen MR) is 64.0 cm³/mol. The van der Waals surface area contributed by atoms with Crippen LogP contribution in [0.15, 0.2) is 6.07 Å². The van der Waals surface area contributed by atoms with Crippen LogP contribution in [0.1, 0.15) is 24.1 Å². The fourth-order valence-corrected chi connectivity index (χ4v) is 1.98. The SMILES string of the molecule is Cc1nc(N2CCC(=N)CC2)c(F)cc1CO. The van der Waals surface area contributed by atoms with Crippen molar-refractivity contribution in [3.8, 4) is 0 Å². The Bertz CT molecular complexity index is 438. The first-order chi connectivity index (χ1) is 8.11. The summed E-state index contributed by atoms with van der Waals surface area (Å²) < 4.78 is 13.8. The first kappa shape index (κ1) is 12.0. The molecule has 2 heterocycles. The minimum absolute atomic E-state index is 0.194. The Morgan fingerprint density at radius 3 is 2.71 bits per heavy atom. The van der Waals surface area contributed by atoms with Crippen LogP contribution in [0.3, 0.4) is 0 Å². The van der Waals surface area contributed by atoms with E-state index in [1.165, 1.54) is 6.07 Å². The number of rotatable bonds is 2. The Morgan fingerprint density at radius 2 is 2.12 bits per heavy atom. The van der Waals surface area contributed by atoms with E-state index in [1.54, 1.807) is 6.92 Å². The van der Waals surface area contributed by atoms with Crippen molar-refractivity contribution < 1.29 is 9.50 Å². The molecule has 0 radical (unpaired) electrons. The number of nitrogens with zero attached hydrogens (tertiary/aromatic N) is 2. The van der Waals surface area contributed by atoms with Gasteiger partial charge in [0.15, 0.2) is 11.6 Å². The molecule has 0 saturated carbocycles. The highest BCUT2D eigenvalue weighted by atomic mass is 19.1. The molecule has 92 valence electrons. The quantitative estimate of drug-likeness (QED) is 0.822. The molecular formula is C12H16FN3O. The van der Waals surface area contributed by atoms with Gasteiger partial charge in [-0.25, -0.2) is 9.37 Å². The highest BCUT2D eigenvalue weighted by Gasteiger charge is 2.19. The molecule has 1 aromatic rings. The minimum atomic E-state index is -0.395. The maximum absolute atomic E-state index is 13.8. The van der Waals surface area contributed by atoms with Crippen LogP contribution in [0.25, 0.3) is 0 Å². The molecule has 0 aliphatic carbocycles. The Morgan fingerprint density at radius 1 is 1.47 bits per heavy atom. The van der Waals surface area contributed by atoms with Crippen LogP contribution in [-0.2, 0) is 6.61 Å². The van der Waals surface area contributed by atoms with Gasteiger partial charge in [-0.3, -0.25) is 0 Å². The Labute approximate surface area is 99.6 Å². The number of aryl methyl sites for hydroxylation is 1. The molecule has 17 heavy (non-hydrogen) atoms. The van der Waals surface area contributed by atoms with Crippen LogP contribution < -0.4 is 4.90 Å². The molecule has 0 aromatic carbocycles. The van der Waals surface area contributed by atoms with Crippen LogP contribution >= 0.6 is 0 Å². The second-order valence-electron chi connectivity index (χ2n) is 4.29. The van der Waals surface area contributed by atoms with Crippen LogP contribution in [0.5, 0.6) is 0 Å². The van der Waals surface area contributed by atoms with Gasteiger partial charge in [0.05, 0.1) is 6.61 Å². The number of hydrogen-bond donors (Lipinski definition) is 2. The van der Waals surface area contributed by atoms with Crippen LogP contribution in [-0.4, -0.2) is 28.9 Å². The average molecular weight is 237 g/mol. The summed E-state index contributed by atoms with van der Waals surface area (Å²) in [6.07, 6.45) is 1.34. The van der Waals surface area contributed by atoms with E-state index in [2.05, 4.69) is 4.98 Å². The second-order valence-corrected chi connectivity index (χ2v) is 4.29. The molecule has 0 atom stereocenters. The highest BCUT2D eigenvalue weighted by Crippen LogP contribution is 2.22. The normalized spacial score (nSPS) is 16.4. The summed E-state index contributed by atoms with van der Waals surface area (Å²) >= 11 is 0. The van der Waals surface area contributed by atoms with Crippen molar-refractivity contribution >= 4 is 11.5 Å². The largest absolute Gasteiger partial charge is 0.392 e. The fraction of sp³-hybridized carbons (Fsp3) is 0.500. The first-order valence-corrected chi connectivity index (χ1v) is 5.70. The number of pyridine rings is 1. The molecule has 0 unspecified atom stereocenters. The van der Waals surface area contributed by atoms with Gasteiger partial charge in [-0.2, -0.15) is 0 Å². The van der Waals surface area contributed by atoms with Crippen molar-refractivity contribution in [2.45, 2.75) is 26.4 Å². The summed E-state index contributed by atoms with van der Waals surface area (Å²) in [5.74, 6) is -0.0553. The van der Waals surface area contributed by atoms with Crippen molar-refractivity contribution in [2.75, 3.05) is 18.0 Å². The number of halogens is 1. The smallest absolute Gasteiger partial charge is 0.166 e. The lowest BCUT2D eigenvalue weighted by Gasteiger charge is -2.28. The summed E-state index contributed by atoms with van der Waals surface area (Å²) in [6.45, 7) is 2.85. The van der Waals surface area contributed by atoms with E-state index in [-0.39, 0.29) is 6.61 Å². The van der Waals surface area contributed by atoms with Crippen molar-refractivity contribution in [3.63, 3.8) is 0 Å². The second kappa shape index (κ2) is 4.79. The first-order valence-electron chi connectivity index (χ1n) is 5.70. The summed E-state index contributed by atoms with van der Waals surface area (Å²) in [7, 11) is 0. The predicted octanol–water partition coefficient (Wildman–Crippen LogP) is 1.64. The molecule has 1 saturated heterocycles. The number of piperidine rings is 1. The summed E-state index contributed by atoms with van der Waals surface area (Å²) in [6, 6.07) is 1.34. The topological polar surface area (TPSA) is 60.2 Å². The number of aliphatic hydroxyl groups is 1. The monoisotopic (exact) mass is 237 g/mol. The van der Waals surface area contributed by atoms with Gasteiger partial charge >= 0.3 is 0 Å². The lowest BCUT2D eigenvalue weighted by molar-refractivity contribution is 0.279. The van der Waals surface area contributed by atoms with E-state index in [9.17, 15) is 4.39 Å². The highest BCUT2D eigenvalue weighted by molar-refractivity contribution is 5.83. The lowest BCUT2D eigenvalue weighted by atomic mass is 10.1. The van der Waals surface area contributed by atoms with Gasteiger partial charge in [0.1, 0.15) is 0 Å². The van der Waals surface area contributed by atoms with E-state index in [4.69, 9.17) is 10.5 Å². The Hall–Kier alpha value is -1.49. The van der Waals surface area contributed by atoms with Crippen molar-refractivity contribution in [2.24, 2.45) is 0 Å². The third-order valence-corrected chi connectivity index (χ3v) is 3.09. The van der Waals surface area contributed by atoms with Gasteiger partial charge in [0.2, 0.25) is 0 Å². The van der Waals surface area contributed by atoms with Gasteiger partial charge in [-0.15, -0.1) is 0 Å². The molecule has 2 rings (SSSR count). The van der Waals surface area contributed by atoms with Crippen molar-refractivity contribution in [1.29, 1.82) is 5.41 Å². The van der Waals surface area contributed by atoms with E-state index in [0.29, 0.717) is 48.7 Å². The molecule has 0 amide bonds. The fourth-order valence-electron chi connectivity index (χ4n) is 1.98. The summed E-state index contributed by atoms with van der Waals surface area (Å²) in [5.41, 5.74) is 1.89. The number of aliphatic hydroxyl groups excluding tert-OH is 1. The molecule has 1 aliphatic rings. The molecule has 1 aromatic heterocycles. The molecular weight excluding hydrogens is 221 g/mol.